The van der Waals surface area contributed by atoms with Crippen LogP contribution in [0.15, 0.2) is 36.4 Å². The lowest BCUT2D eigenvalue weighted by Gasteiger charge is -2.18. The second kappa shape index (κ2) is 4.97. The molecule has 93 valence electrons. The highest BCUT2D eigenvalue weighted by Crippen LogP contribution is 2.29. The first-order valence-electron chi connectivity index (χ1n) is 6.48. The molecule has 0 N–H and O–H groups in total. The van der Waals surface area contributed by atoms with E-state index in [0.29, 0.717) is 0 Å². The average Bonchev–Trinajstić information content (AvgIpc) is 2.32. The van der Waals surface area contributed by atoms with E-state index in [1.165, 1.54) is 39.3 Å². The van der Waals surface area contributed by atoms with Gasteiger partial charge in [0.25, 0.3) is 0 Å². The number of hydrogen-bond donors (Lipinski definition) is 0. The Balaban J connectivity index is 2.48. The van der Waals surface area contributed by atoms with Crippen molar-refractivity contribution >= 4 is 0 Å². The Morgan fingerprint density at radius 2 is 1.33 bits per heavy atom. The number of hydrogen-bond acceptors (Lipinski definition) is 0. The Morgan fingerprint density at radius 1 is 0.722 bits per heavy atom. The van der Waals surface area contributed by atoms with Crippen molar-refractivity contribution in [3.8, 4) is 0 Å². The molecule has 0 heterocycles. The smallest absolute Gasteiger partial charge is 0.0314 e. The molecule has 0 unspecified atom stereocenters. The maximum atomic E-state index is 2.29. The van der Waals surface area contributed by atoms with Crippen molar-refractivity contribution in [1.29, 1.82) is 0 Å². The third-order valence-corrected chi connectivity index (χ3v) is 3.80. The fraction of sp³-hybridized carbons (Fsp3) is 0.278. The van der Waals surface area contributed by atoms with Crippen LogP contribution in [0.2, 0.25) is 0 Å². The largest absolute Gasteiger partial charge is 0.0617 e. The van der Waals surface area contributed by atoms with Gasteiger partial charge in [-0.3, -0.25) is 0 Å². The predicted octanol–water partition coefficient (Wildman–Crippen LogP) is 4.91. The lowest BCUT2D eigenvalue weighted by Crippen LogP contribution is -2.03. The highest BCUT2D eigenvalue weighted by molar-refractivity contribution is 5.52. The van der Waals surface area contributed by atoms with Gasteiger partial charge in [0.2, 0.25) is 0 Å². The summed E-state index contributed by atoms with van der Waals surface area (Å²) in [6.07, 6.45) is 0. The summed E-state index contributed by atoms with van der Waals surface area (Å²) in [5.74, 6) is 1.37. The SMILES string of the molecule is C[C](c1ccc(C)c(C)c1)c1c(C)cccc1C. The van der Waals surface area contributed by atoms with E-state index in [4.69, 9.17) is 0 Å². The highest BCUT2D eigenvalue weighted by Gasteiger charge is 2.14. The molecule has 2 rings (SSSR count). The summed E-state index contributed by atoms with van der Waals surface area (Å²) in [6, 6.07) is 13.2. The van der Waals surface area contributed by atoms with Crippen LogP contribution in [0, 0.1) is 33.6 Å². The molecule has 0 aliphatic carbocycles. The van der Waals surface area contributed by atoms with E-state index in [2.05, 4.69) is 71.0 Å². The fourth-order valence-electron chi connectivity index (χ4n) is 2.52. The Hall–Kier alpha value is -1.56. The number of rotatable bonds is 2. The molecule has 0 fully saturated rings. The molecule has 1 radical (unpaired) electrons. The van der Waals surface area contributed by atoms with Gasteiger partial charge >= 0.3 is 0 Å². The minimum atomic E-state index is 1.33. The van der Waals surface area contributed by atoms with E-state index in [-0.39, 0.29) is 0 Å². The summed E-state index contributed by atoms with van der Waals surface area (Å²) in [5, 5.41) is 0. The van der Waals surface area contributed by atoms with Crippen molar-refractivity contribution in [3.05, 3.63) is 75.7 Å². The summed E-state index contributed by atoms with van der Waals surface area (Å²) in [4.78, 5) is 0. The van der Waals surface area contributed by atoms with Gasteiger partial charge in [0.05, 0.1) is 0 Å². The second-order valence-electron chi connectivity index (χ2n) is 5.19. The van der Waals surface area contributed by atoms with Gasteiger partial charge in [-0.1, -0.05) is 43.3 Å². The third kappa shape index (κ3) is 2.33. The van der Waals surface area contributed by atoms with Gasteiger partial charge < -0.3 is 0 Å². The van der Waals surface area contributed by atoms with Crippen LogP contribution in [0.1, 0.15) is 40.3 Å². The summed E-state index contributed by atoms with van der Waals surface area (Å²) in [7, 11) is 0. The van der Waals surface area contributed by atoms with Crippen LogP contribution in [0.25, 0.3) is 0 Å². The maximum absolute atomic E-state index is 2.29. The third-order valence-electron chi connectivity index (χ3n) is 3.80. The van der Waals surface area contributed by atoms with Gasteiger partial charge in [0, 0.05) is 5.92 Å². The first-order valence-corrected chi connectivity index (χ1v) is 6.48. The van der Waals surface area contributed by atoms with Crippen LogP contribution < -0.4 is 0 Å². The molecule has 0 bridgehead atoms. The van der Waals surface area contributed by atoms with E-state index < -0.39 is 0 Å². The molecule has 0 aromatic heterocycles. The molecule has 0 atom stereocenters. The van der Waals surface area contributed by atoms with Crippen LogP contribution in [-0.2, 0) is 0 Å². The first-order chi connectivity index (χ1) is 8.50. The van der Waals surface area contributed by atoms with Crippen molar-refractivity contribution < 1.29 is 0 Å². The molecule has 0 amide bonds. The van der Waals surface area contributed by atoms with Crippen LogP contribution in [0.4, 0.5) is 0 Å². The Kier molecular flexibility index (Phi) is 3.56. The van der Waals surface area contributed by atoms with Crippen molar-refractivity contribution in [3.63, 3.8) is 0 Å². The van der Waals surface area contributed by atoms with E-state index in [1.807, 2.05) is 0 Å². The highest BCUT2D eigenvalue weighted by atomic mass is 14.2. The zero-order valence-electron chi connectivity index (χ0n) is 12.0. The topological polar surface area (TPSA) is 0 Å². The standard InChI is InChI=1S/C18H21/c1-12-9-10-17(11-15(12)4)16(5)18-13(2)7-6-8-14(18)3/h6-11H,1-5H3. The fourth-order valence-corrected chi connectivity index (χ4v) is 2.52. The predicted molar refractivity (Wildman–Crippen MR) is 79.0 cm³/mol. The molecule has 0 aliphatic rings. The van der Waals surface area contributed by atoms with Crippen molar-refractivity contribution in [2.45, 2.75) is 34.6 Å². The van der Waals surface area contributed by atoms with Gasteiger partial charge in [-0.2, -0.15) is 0 Å². The molecule has 0 aliphatic heterocycles. The summed E-state index contributed by atoms with van der Waals surface area (Å²) >= 11 is 0. The number of benzene rings is 2. The van der Waals surface area contributed by atoms with E-state index >= 15 is 0 Å². The maximum Gasteiger partial charge on any atom is 0.0314 e. The van der Waals surface area contributed by atoms with Gasteiger partial charge in [-0.25, -0.2) is 0 Å². The lowest BCUT2D eigenvalue weighted by molar-refractivity contribution is 1.12. The Bertz CT molecular complexity index is 544. The normalized spacial score (nSPS) is 11.0. The summed E-state index contributed by atoms with van der Waals surface area (Å²) < 4.78 is 0. The van der Waals surface area contributed by atoms with Gasteiger partial charge in [0.1, 0.15) is 0 Å². The molecule has 2 aromatic rings. The molecule has 18 heavy (non-hydrogen) atoms. The van der Waals surface area contributed by atoms with Crippen LogP contribution in [0.5, 0.6) is 0 Å². The summed E-state index contributed by atoms with van der Waals surface area (Å²) in [5.41, 5.74) is 8.14. The van der Waals surface area contributed by atoms with Gasteiger partial charge in [-0.05, 0) is 61.1 Å². The molecular formula is C18H21. The Morgan fingerprint density at radius 3 is 1.89 bits per heavy atom. The summed E-state index contributed by atoms with van der Waals surface area (Å²) in [6.45, 7) is 10.9. The zero-order valence-corrected chi connectivity index (χ0v) is 12.0. The average molecular weight is 237 g/mol. The van der Waals surface area contributed by atoms with Crippen LogP contribution in [-0.4, -0.2) is 0 Å². The van der Waals surface area contributed by atoms with Gasteiger partial charge in [-0.15, -0.1) is 0 Å². The second-order valence-corrected chi connectivity index (χ2v) is 5.19. The molecular weight excluding hydrogens is 216 g/mol. The van der Waals surface area contributed by atoms with Crippen molar-refractivity contribution in [1.82, 2.24) is 0 Å². The van der Waals surface area contributed by atoms with Crippen molar-refractivity contribution in [2.24, 2.45) is 0 Å². The van der Waals surface area contributed by atoms with Crippen LogP contribution in [0.3, 0.4) is 0 Å². The molecule has 2 aromatic carbocycles. The minimum Gasteiger partial charge on any atom is -0.0617 e. The molecule has 0 heteroatoms. The van der Waals surface area contributed by atoms with Gasteiger partial charge in [0.15, 0.2) is 0 Å². The monoisotopic (exact) mass is 237 g/mol. The quantitative estimate of drug-likeness (QED) is 0.696. The van der Waals surface area contributed by atoms with E-state index in [1.54, 1.807) is 0 Å². The Labute approximate surface area is 111 Å². The van der Waals surface area contributed by atoms with E-state index in [9.17, 15) is 0 Å². The van der Waals surface area contributed by atoms with Crippen molar-refractivity contribution in [2.75, 3.05) is 0 Å². The van der Waals surface area contributed by atoms with Crippen LogP contribution >= 0.6 is 0 Å². The first kappa shape index (κ1) is 12.9. The zero-order chi connectivity index (χ0) is 13.3. The van der Waals surface area contributed by atoms with E-state index in [0.717, 1.165) is 0 Å². The lowest BCUT2D eigenvalue weighted by atomic mass is 9.86. The minimum absolute atomic E-state index is 1.33. The number of aryl methyl sites for hydroxylation is 4. The molecule has 0 nitrogen and oxygen atoms in total. The molecule has 0 saturated carbocycles. The molecule has 0 saturated heterocycles. The molecule has 0 spiro atoms.